The maximum absolute atomic E-state index is 12.1. The Kier molecular flexibility index (Phi) is 4.54. The molecule has 1 amide bonds. The van der Waals surface area contributed by atoms with Crippen molar-refractivity contribution in [2.45, 2.75) is 20.0 Å². The third kappa shape index (κ3) is 4.03. The molecule has 2 rings (SSSR count). The lowest BCUT2D eigenvalue weighted by Gasteiger charge is -2.06. The van der Waals surface area contributed by atoms with Crippen molar-refractivity contribution in [1.82, 2.24) is 20.3 Å². The van der Waals surface area contributed by atoms with Gasteiger partial charge in [0.2, 0.25) is 0 Å². The third-order valence-corrected chi connectivity index (χ3v) is 2.99. The van der Waals surface area contributed by atoms with Gasteiger partial charge >= 0.3 is 5.97 Å². The summed E-state index contributed by atoms with van der Waals surface area (Å²) in [5.74, 6) is -1.28. The number of hydrogen-bond acceptors (Lipinski definition) is 4. The smallest absolute Gasteiger partial charge is 0.325 e. The largest absolute Gasteiger partial charge is 0.480 e. The first-order chi connectivity index (χ1) is 9.95. The molecule has 2 aromatic rings. The van der Waals surface area contributed by atoms with Crippen LogP contribution in [0.15, 0.2) is 24.4 Å². The second-order valence-electron chi connectivity index (χ2n) is 4.44. The van der Waals surface area contributed by atoms with Crippen LogP contribution < -0.4 is 5.32 Å². The van der Waals surface area contributed by atoms with E-state index < -0.39 is 5.97 Å². The summed E-state index contributed by atoms with van der Waals surface area (Å²) < 4.78 is 1.19. The summed E-state index contributed by atoms with van der Waals surface area (Å²) in [6.45, 7) is 1.70. The molecule has 0 unspecified atom stereocenters. The number of carbonyl (C=O) groups is 2. The number of nitrogens with zero attached hydrogens (tertiary/aromatic N) is 3. The monoisotopic (exact) mass is 308 g/mol. The number of aryl methyl sites for hydroxylation is 1. The van der Waals surface area contributed by atoms with E-state index in [0.29, 0.717) is 16.3 Å². The molecule has 7 nitrogen and oxygen atoms in total. The van der Waals surface area contributed by atoms with Crippen LogP contribution in [0.2, 0.25) is 5.02 Å². The number of carboxylic acids is 1. The number of benzene rings is 1. The lowest BCUT2D eigenvalue weighted by molar-refractivity contribution is -0.137. The van der Waals surface area contributed by atoms with Crippen LogP contribution >= 0.6 is 11.6 Å². The van der Waals surface area contributed by atoms with Gasteiger partial charge in [-0.1, -0.05) is 22.9 Å². The summed E-state index contributed by atoms with van der Waals surface area (Å²) in [7, 11) is 0. The van der Waals surface area contributed by atoms with Crippen molar-refractivity contribution < 1.29 is 14.7 Å². The average Bonchev–Trinajstić information content (AvgIpc) is 2.85. The number of aliphatic carboxylic acids is 1. The Morgan fingerprint density at radius 1 is 1.43 bits per heavy atom. The molecule has 0 fully saturated rings. The summed E-state index contributed by atoms with van der Waals surface area (Å²) in [5.41, 5.74) is 1.77. The fraction of sp³-hybridized carbons (Fsp3) is 0.231. The molecule has 0 atom stereocenters. The predicted octanol–water partition coefficient (Wildman–Crippen LogP) is 1.25. The van der Waals surface area contributed by atoms with E-state index in [1.165, 1.54) is 10.9 Å². The second-order valence-corrected chi connectivity index (χ2v) is 4.88. The highest BCUT2D eigenvalue weighted by Crippen LogP contribution is 2.15. The molecule has 110 valence electrons. The Bertz CT molecular complexity index is 684. The first kappa shape index (κ1) is 15.0. The minimum Gasteiger partial charge on any atom is -0.480 e. The van der Waals surface area contributed by atoms with Gasteiger partial charge < -0.3 is 10.4 Å². The topological polar surface area (TPSA) is 97.1 Å². The molecule has 0 aliphatic carbocycles. The molecule has 0 radical (unpaired) electrons. The number of rotatable bonds is 5. The summed E-state index contributed by atoms with van der Waals surface area (Å²) in [5, 5.41) is 19.2. The Morgan fingerprint density at radius 3 is 2.90 bits per heavy atom. The number of hydrogen-bond donors (Lipinski definition) is 2. The van der Waals surface area contributed by atoms with Crippen LogP contribution in [0, 0.1) is 6.92 Å². The van der Waals surface area contributed by atoms with Crippen molar-refractivity contribution >= 4 is 23.5 Å². The Balaban J connectivity index is 1.99. The lowest BCUT2D eigenvalue weighted by atomic mass is 10.1. The van der Waals surface area contributed by atoms with Crippen molar-refractivity contribution in [2.75, 3.05) is 0 Å². The highest BCUT2D eigenvalue weighted by atomic mass is 35.5. The third-order valence-electron chi connectivity index (χ3n) is 2.76. The van der Waals surface area contributed by atoms with Crippen molar-refractivity contribution in [3.63, 3.8) is 0 Å². The summed E-state index contributed by atoms with van der Waals surface area (Å²) in [6, 6.07) is 5.07. The Labute approximate surface area is 125 Å². The van der Waals surface area contributed by atoms with Crippen LogP contribution in [-0.2, 0) is 17.9 Å². The van der Waals surface area contributed by atoms with Crippen molar-refractivity contribution in [3.8, 4) is 0 Å². The number of halogens is 1. The molecule has 0 saturated carbocycles. The zero-order valence-corrected chi connectivity index (χ0v) is 12.0. The molecule has 8 heteroatoms. The minimum atomic E-state index is -1.01. The van der Waals surface area contributed by atoms with Crippen molar-refractivity contribution in [2.24, 2.45) is 0 Å². The first-order valence-corrected chi connectivity index (χ1v) is 6.48. The number of carbonyl (C=O) groups excluding carboxylic acids is 1. The van der Waals surface area contributed by atoms with Gasteiger partial charge in [0.05, 0.1) is 12.7 Å². The molecule has 0 saturated heterocycles. The Hall–Kier alpha value is -2.41. The lowest BCUT2D eigenvalue weighted by Crippen LogP contribution is -2.23. The second kappa shape index (κ2) is 6.36. The fourth-order valence-electron chi connectivity index (χ4n) is 1.74. The molecular formula is C13H13ClN4O3. The van der Waals surface area contributed by atoms with E-state index in [0.717, 1.165) is 5.56 Å². The molecule has 2 N–H and O–H groups in total. The highest BCUT2D eigenvalue weighted by molar-refractivity contribution is 6.31. The van der Waals surface area contributed by atoms with Crippen molar-refractivity contribution in [1.29, 1.82) is 0 Å². The zero-order chi connectivity index (χ0) is 15.4. The molecular weight excluding hydrogens is 296 g/mol. The molecule has 1 heterocycles. The number of aromatic nitrogens is 3. The van der Waals surface area contributed by atoms with Gasteiger partial charge in [0.15, 0.2) is 0 Å². The van der Waals surface area contributed by atoms with E-state index in [1.807, 2.05) is 6.92 Å². The van der Waals surface area contributed by atoms with E-state index in [2.05, 4.69) is 15.6 Å². The van der Waals surface area contributed by atoms with Crippen LogP contribution in [0.1, 0.15) is 21.6 Å². The maximum atomic E-state index is 12.1. The van der Waals surface area contributed by atoms with E-state index in [-0.39, 0.29) is 19.0 Å². The molecule has 0 bridgehead atoms. The van der Waals surface area contributed by atoms with Gasteiger partial charge in [0.25, 0.3) is 5.91 Å². The molecule has 1 aromatic heterocycles. The Morgan fingerprint density at radius 2 is 2.19 bits per heavy atom. The maximum Gasteiger partial charge on any atom is 0.325 e. The SMILES string of the molecule is Cc1ccc(Cl)cc1C(=O)NCc1cn(CC(=O)O)nn1. The van der Waals surface area contributed by atoms with E-state index >= 15 is 0 Å². The zero-order valence-electron chi connectivity index (χ0n) is 11.2. The van der Waals surface area contributed by atoms with Gasteiger partial charge in [0, 0.05) is 10.6 Å². The first-order valence-electron chi connectivity index (χ1n) is 6.11. The highest BCUT2D eigenvalue weighted by Gasteiger charge is 2.11. The van der Waals surface area contributed by atoms with Gasteiger partial charge in [-0.25, -0.2) is 4.68 Å². The summed E-state index contributed by atoms with van der Waals surface area (Å²) in [6.07, 6.45) is 1.47. The number of amides is 1. The minimum absolute atomic E-state index is 0.157. The van der Waals surface area contributed by atoms with Crippen LogP contribution in [0.25, 0.3) is 0 Å². The van der Waals surface area contributed by atoms with Gasteiger partial charge in [-0.15, -0.1) is 5.10 Å². The fourth-order valence-corrected chi connectivity index (χ4v) is 1.91. The molecule has 0 spiro atoms. The number of nitrogens with one attached hydrogen (secondary N) is 1. The molecule has 1 aromatic carbocycles. The van der Waals surface area contributed by atoms with Gasteiger partial charge in [-0.05, 0) is 24.6 Å². The molecule has 0 aliphatic heterocycles. The van der Waals surface area contributed by atoms with E-state index in [9.17, 15) is 9.59 Å². The summed E-state index contributed by atoms with van der Waals surface area (Å²) in [4.78, 5) is 22.6. The van der Waals surface area contributed by atoms with Crippen LogP contribution in [0.3, 0.4) is 0 Å². The number of carboxylic acid groups (broad SMARTS) is 1. The summed E-state index contributed by atoms with van der Waals surface area (Å²) >= 11 is 5.87. The molecule has 0 aliphatic rings. The molecule has 21 heavy (non-hydrogen) atoms. The van der Waals surface area contributed by atoms with Gasteiger partial charge in [-0.3, -0.25) is 9.59 Å². The van der Waals surface area contributed by atoms with Crippen LogP contribution in [-0.4, -0.2) is 32.0 Å². The average molecular weight is 309 g/mol. The van der Waals surface area contributed by atoms with Crippen LogP contribution in [0.4, 0.5) is 0 Å². The van der Waals surface area contributed by atoms with Gasteiger partial charge in [-0.2, -0.15) is 0 Å². The standard InChI is InChI=1S/C13H13ClN4O3/c1-8-2-3-9(14)4-11(8)13(21)15-5-10-6-18(17-16-10)7-12(19)20/h2-4,6H,5,7H2,1H3,(H,15,21)(H,19,20). The normalized spacial score (nSPS) is 10.4. The van der Waals surface area contributed by atoms with E-state index in [4.69, 9.17) is 16.7 Å². The predicted molar refractivity (Wildman–Crippen MR) is 75.0 cm³/mol. The van der Waals surface area contributed by atoms with Crippen LogP contribution in [0.5, 0.6) is 0 Å². The quantitative estimate of drug-likeness (QED) is 0.866. The van der Waals surface area contributed by atoms with Gasteiger partial charge in [0.1, 0.15) is 12.2 Å². The van der Waals surface area contributed by atoms with E-state index in [1.54, 1.807) is 18.2 Å². The van der Waals surface area contributed by atoms with Crippen molar-refractivity contribution in [3.05, 3.63) is 46.2 Å².